The van der Waals surface area contributed by atoms with Gasteiger partial charge in [-0.1, -0.05) is 0 Å². The van der Waals surface area contributed by atoms with Crippen LogP contribution in [0.1, 0.15) is 0 Å². The van der Waals surface area contributed by atoms with E-state index in [4.69, 9.17) is 0 Å². The summed E-state index contributed by atoms with van der Waals surface area (Å²) in [6, 6.07) is 1.97. The normalized spacial score (nSPS) is 10.0. The van der Waals surface area contributed by atoms with Gasteiger partial charge in [0.25, 0.3) is 0 Å². The lowest BCUT2D eigenvalue weighted by Crippen LogP contribution is -2.20. The first-order valence-corrected chi connectivity index (χ1v) is 4.83. The molecule has 0 aromatic carbocycles. The van der Waals surface area contributed by atoms with Gasteiger partial charge in [0.05, 0.1) is 0 Å². The summed E-state index contributed by atoms with van der Waals surface area (Å²) in [5.41, 5.74) is 0. The highest BCUT2D eigenvalue weighted by Gasteiger charge is 2.08. The van der Waals surface area contributed by atoms with Gasteiger partial charge in [-0.3, -0.25) is 0 Å². The molecule has 1 aromatic rings. The Morgan fingerprint density at radius 3 is 1.40 bits per heavy atom. The summed E-state index contributed by atoms with van der Waals surface area (Å²) in [6.07, 6.45) is 0. The number of nitrogens with zero attached hydrogens (tertiary/aromatic N) is 5. The minimum atomic E-state index is 0.727. The van der Waals surface area contributed by atoms with Crippen molar-refractivity contribution in [3.05, 3.63) is 6.07 Å². The van der Waals surface area contributed by atoms with Crippen molar-refractivity contribution in [2.75, 3.05) is 57.0 Å². The van der Waals surface area contributed by atoms with Crippen LogP contribution in [-0.4, -0.2) is 52.3 Å². The van der Waals surface area contributed by atoms with Crippen LogP contribution in [0.5, 0.6) is 0 Å². The molecule has 5 heteroatoms. The fourth-order valence-electron chi connectivity index (χ4n) is 1.07. The van der Waals surface area contributed by atoms with Gasteiger partial charge in [0, 0.05) is 48.4 Å². The van der Waals surface area contributed by atoms with Gasteiger partial charge < -0.3 is 14.7 Å². The predicted octanol–water partition coefficient (Wildman–Crippen LogP) is 0.675. The van der Waals surface area contributed by atoms with E-state index >= 15 is 0 Å². The standard InChI is InChI=1S/C10H19N5/c1-13(2)8-7-9(14(3)4)12-10(11-8)15(5)6/h7H,1-6H3. The first kappa shape index (κ1) is 11.6. The summed E-state index contributed by atoms with van der Waals surface area (Å²) in [5, 5.41) is 0. The zero-order valence-electron chi connectivity index (χ0n) is 10.3. The summed E-state index contributed by atoms with van der Waals surface area (Å²) >= 11 is 0. The molecule has 15 heavy (non-hydrogen) atoms. The summed E-state index contributed by atoms with van der Waals surface area (Å²) in [4.78, 5) is 14.7. The smallest absolute Gasteiger partial charge is 0.228 e. The van der Waals surface area contributed by atoms with Crippen LogP contribution < -0.4 is 14.7 Å². The largest absolute Gasteiger partial charge is 0.363 e. The first-order valence-electron chi connectivity index (χ1n) is 4.83. The van der Waals surface area contributed by atoms with Crippen molar-refractivity contribution in [3.8, 4) is 0 Å². The van der Waals surface area contributed by atoms with Crippen LogP contribution in [-0.2, 0) is 0 Å². The summed E-state index contributed by atoms with van der Waals surface area (Å²) < 4.78 is 0. The second-order valence-electron chi connectivity index (χ2n) is 4.07. The van der Waals surface area contributed by atoms with Crippen molar-refractivity contribution in [1.29, 1.82) is 0 Å². The van der Waals surface area contributed by atoms with Gasteiger partial charge in [0.2, 0.25) is 5.95 Å². The van der Waals surface area contributed by atoms with E-state index in [9.17, 15) is 0 Å². The van der Waals surface area contributed by atoms with E-state index in [1.807, 2.05) is 63.1 Å². The lowest BCUT2D eigenvalue weighted by molar-refractivity contribution is 0.945. The molecule has 0 unspecified atom stereocenters. The highest BCUT2D eigenvalue weighted by molar-refractivity contribution is 5.53. The van der Waals surface area contributed by atoms with Crippen molar-refractivity contribution < 1.29 is 0 Å². The van der Waals surface area contributed by atoms with Crippen LogP contribution in [0, 0.1) is 0 Å². The van der Waals surface area contributed by atoms with Crippen LogP contribution in [0.4, 0.5) is 17.6 Å². The molecule has 0 aliphatic rings. The Balaban J connectivity index is 3.20. The maximum absolute atomic E-state index is 4.43. The van der Waals surface area contributed by atoms with Crippen LogP contribution in [0.2, 0.25) is 0 Å². The van der Waals surface area contributed by atoms with Gasteiger partial charge in [0.1, 0.15) is 11.6 Å². The average Bonchev–Trinajstić information content (AvgIpc) is 2.16. The molecule has 0 radical (unpaired) electrons. The first-order chi connectivity index (χ1) is 6.91. The molecule has 1 aromatic heterocycles. The molecule has 0 bridgehead atoms. The zero-order valence-corrected chi connectivity index (χ0v) is 10.3. The molecule has 0 aliphatic heterocycles. The number of anilines is 3. The van der Waals surface area contributed by atoms with Gasteiger partial charge in [-0.15, -0.1) is 0 Å². The molecule has 0 saturated carbocycles. The van der Waals surface area contributed by atoms with Gasteiger partial charge in [0.15, 0.2) is 0 Å². The van der Waals surface area contributed by atoms with E-state index in [2.05, 4.69) is 9.97 Å². The number of hydrogen-bond acceptors (Lipinski definition) is 5. The lowest BCUT2D eigenvalue weighted by Gasteiger charge is -2.20. The molecule has 0 spiro atoms. The molecule has 84 valence electrons. The number of hydrogen-bond donors (Lipinski definition) is 0. The van der Waals surface area contributed by atoms with Crippen LogP contribution >= 0.6 is 0 Å². The van der Waals surface area contributed by atoms with Gasteiger partial charge >= 0.3 is 0 Å². The molecule has 1 rings (SSSR count). The Kier molecular flexibility index (Phi) is 3.34. The second-order valence-corrected chi connectivity index (χ2v) is 4.07. The van der Waals surface area contributed by atoms with E-state index in [1.165, 1.54) is 0 Å². The zero-order chi connectivity index (χ0) is 11.6. The average molecular weight is 209 g/mol. The maximum Gasteiger partial charge on any atom is 0.228 e. The maximum atomic E-state index is 4.43. The molecule has 0 N–H and O–H groups in total. The SMILES string of the molecule is CN(C)c1cc(N(C)C)nc(N(C)C)n1. The Hall–Kier alpha value is -1.52. The highest BCUT2D eigenvalue weighted by Crippen LogP contribution is 2.19. The Morgan fingerprint density at radius 1 is 0.733 bits per heavy atom. The minimum Gasteiger partial charge on any atom is -0.363 e. The van der Waals surface area contributed by atoms with Gasteiger partial charge in [-0.05, 0) is 0 Å². The molecule has 0 saturated heterocycles. The van der Waals surface area contributed by atoms with Crippen LogP contribution in [0.25, 0.3) is 0 Å². The molecular weight excluding hydrogens is 190 g/mol. The second kappa shape index (κ2) is 4.33. The molecule has 0 amide bonds. The van der Waals surface area contributed by atoms with E-state index < -0.39 is 0 Å². The fraction of sp³-hybridized carbons (Fsp3) is 0.600. The Labute approximate surface area is 91.3 Å². The Morgan fingerprint density at radius 2 is 1.13 bits per heavy atom. The number of aromatic nitrogens is 2. The predicted molar refractivity (Wildman–Crippen MR) is 65.0 cm³/mol. The molecule has 0 aliphatic carbocycles. The van der Waals surface area contributed by atoms with Crippen molar-refractivity contribution >= 4 is 17.6 Å². The fourth-order valence-corrected chi connectivity index (χ4v) is 1.07. The topological polar surface area (TPSA) is 35.5 Å². The van der Waals surface area contributed by atoms with E-state index in [0.29, 0.717) is 0 Å². The summed E-state index contributed by atoms with van der Waals surface area (Å²) in [6.45, 7) is 0. The third kappa shape index (κ3) is 2.71. The van der Waals surface area contributed by atoms with Crippen molar-refractivity contribution in [3.63, 3.8) is 0 Å². The lowest BCUT2D eigenvalue weighted by atomic mass is 10.4. The van der Waals surface area contributed by atoms with E-state index in [0.717, 1.165) is 17.6 Å². The number of rotatable bonds is 3. The van der Waals surface area contributed by atoms with E-state index in [1.54, 1.807) is 0 Å². The van der Waals surface area contributed by atoms with Crippen molar-refractivity contribution in [1.82, 2.24) is 9.97 Å². The molecule has 5 nitrogen and oxygen atoms in total. The molecule has 0 fully saturated rings. The van der Waals surface area contributed by atoms with Gasteiger partial charge in [-0.2, -0.15) is 9.97 Å². The Bertz CT molecular complexity index is 268. The van der Waals surface area contributed by atoms with Crippen molar-refractivity contribution in [2.24, 2.45) is 0 Å². The third-order valence-electron chi connectivity index (χ3n) is 2.00. The third-order valence-corrected chi connectivity index (χ3v) is 2.00. The van der Waals surface area contributed by atoms with Crippen LogP contribution in [0.15, 0.2) is 6.07 Å². The van der Waals surface area contributed by atoms with Crippen molar-refractivity contribution in [2.45, 2.75) is 0 Å². The van der Waals surface area contributed by atoms with Gasteiger partial charge in [-0.25, -0.2) is 0 Å². The van der Waals surface area contributed by atoms with E-state index in [-0.39, 0.29) is 0 Å². The monoisotopic (exact) mass is 209 g/mol. The summed E-state index contributed by atoms with van der Waals surface area (Å²) in [7, 11) is 11.8. The molecular formula is C10H19N5. The minimum absolute atomic E-state index is 0.727. The molecule has 0 atom stereocenters. The highest BCUT2D eigenvalue weighted by atomic mass is 15.3. The molecule has 1 heterocycles. The summed E-state index contributed by atoms with van der Waals surface area (Å²) in [5.74, 6) is 2.56. The quantitative estimate of drug-likeness (QED) is 0.731. The van der Waals surface area contributed by atoms with Crippen LogP contribution in [0.3, 0.4) is 0 Å².